The minimum atomic E-state index is -3.78. The molecule has 0 radical (unpaired) electrons. The summed E-state index contributed by atoms with van der Waals surface area (Å²) in [4.78, 5) is 28.8. The molecule has 0 aromatic heterocycles. The summed E-state index contributed by atoms with van der Waals surface area (Å²) in [6.45, 7) is 2.17. The highest BCUT2D eigenvalue weighted by atomic mass is 79.9. The molecule has 3 aromatic carbocycles. The molecule has 0 saturated heterocycles. The van der Waals surface area contributed by atoms with Crippen molar-refractivity contribution in [2.24, 2.45) is 0 Å². The second kappa shape index (κ2) is 13.4. The first-order valence-electron chi connectivity index (χ1n) is 12.1. The third-order valence-corrected chi connectivity index (χ3v) is 7.48. The normalized spacial score (nSPS) is 12.0. The van der Waals surface area contributed by atoms with Crippen LogP contribution < -0.4 is 9.62 Å². The average Bonchev–Trinajstić information content (AvgIpc) is 2.89. The first kappa shape index (κ1) is 28.4. The van der Waals surface area contributed by atoms with Crippen molar-refractivity contribution in [1.82, 2.24) is 10.2 Å². The zero-order valence-corrected chi connectivity index (χ0v) is 23.4. The van der Waals surface area contributed by atoms with E-state index in [9.17, 15) is 18.0 Å². The quantitative estimate of drug-likeness (QED) is 0.342. The molecule has 3 aromatic rings. The number of amides is 2. The Morgan fingerprint density at radius 3 is 2.00 bits per heavy atom. The van der Waals surface area contributed by atoms with Gasteiger partial charge in [0.2, 0.25) is 21.8 Å². The fourth-order valence-corrected chi connectivity index (χ4v) is 5.04. The van der Waals surface area contributed by atoms with Crippen LogP contribution in [0, 0.1) is 0 Å². The van der Waals surface area contributed by atoms with Crippen molar-refractivity contribution in [2.75, 3.05) is 23.7 Å². The first-order chi connectivity index (χ1) is 17.7. The molecule has 1 N–H and O–H groups in total. The van der Waals surface area contributed by atoms with Crippen molar-refractivity contribution >= 4 is 43.5 Å². The predicted octanol–water partition coefficient (Wildman–Crippen LogP) is 4.38. The van der Waals surface area contributed by atoms with Crippen molar-refractivity contribution in [3.63, 3.8) is 0 Å². The summed E-state index contributed by atoms with van der Waals surface area (Å²) in [6, 6.07) is 24.7. The minimum absolute atomic E-state index is 0.161. The molecule has 1 unspecified atom stereocenters. The number of sulfonamides is 1. The zero-order valence-electron chi connectivity index (χ0n) is 21.0. The summed E-state index contributed by atoms with van der Waals surface area (Å²) in [5.41, 5.74) is 2.11. The van der Waals surface area contributed by atoms with Crippen molar-refractivity contribution in [3.8, 4) is 0 Å². The zero-order chi connectivity index (χ0) is 26.8. The first-order valence-corrected chi connectivity index (χ1v) is 14.7. The van der Waals surface area contributed by atoms with Gasteiger partial charge in [-0.15, -0.1) is 0 Å². The Morgan fingerprint density at radius 1 is 0.892 bits per heavy atom. The second-order valence-corrected chi connectivity index (χ2v) is 11.6. The highest BCUT2D eigenvalue weighted by Crippen LogP contribution is 2.22. The van der Waals surface area contributed by atoms with E-state index in [1.165, 1.54) is 4.90 Å². The van der Waals surface area contributed by atoms with E-state index < -0.39 is 28.5 Å². The summed E-state index contributed by atoms with van der Waals surface area (Å²) >= 11 is 3.36. The van der Waals surface area contributed by atoms with Crippen LogP contribution in [0.2, 0.25) is 0 Å². The van der Waals surface area contributed by atoms with E-state index in [0.717, 1.165) is 32.6 Å². The third kappa shape index (κ3) is 8.43. The van der Waals surface area contributed by atoms with Gasteiger partial charge in [-0.25, -0.2) is 8.42 Å². The number of nitrogens with one attached hydrogen (secondary N) is 1. The van der Waals surface area contributed by atoms with Gasteiger partial charge in [-0.3, -0.25) is 13.9 Å². The van der Waals surface area contributed by atoms with Crippen LogP contribution in [-0.2, 0) is 32.6 Å². The number of hydrogen-bond acceptors (Lipinski definition) is 4. The van der Waals surface area contributed by atoms with E-state index in [0.29, 0.717) is 18.7 Å². The Morgan fingerprint density at radius 2 is 1.46 bits per heavy atom. The maximum absolute atomic E-state index is 13.9. The molecule has 37 heavy (non-hydrogen) atoms. The highest BCUT2D eigenvalue weighted by Gasteiger charge is 2.32. The summed E-state index contributed by atoms with van der Waals surface area (Å²) in [7, 11) is -3.78. The molecule has 2 amide bonds. The molecule has 0 spiro atoms. The highest BCUT2D eigenvalue weighted by molar-refractivity contribution is 9.10. The van der Waals surface area contributed by atoms with Crippen LogP contribution in [0.5, 0.6) is 0 Å². The Kier molecular flexibility index (Phi) is 10.3. The SMILES string of the molecule is CCCNC(=O)C(Cc1ccccc1)N(Cc1ccccc1)C(=O)CN(c1ccc(Br)cc1)S(C)(=O)=O. The Bertz CT molecular complexity index is 1270. The monoisotopic (exact) mass is 585 g/mol. The Hall–Kier alpha value is -3.17. The van der Waals surface area contributed by atoms with E-state index in [1.807, 2.05) is 67.6 Å². The standard InChI is InChI=1S/C28H32BrN3O4S/c1-3-18-30-28(34)26(19-22-10-6-4-7-11-22)31(20-23-12-8-5-9-13-23)27(33)21-32(37(2,35)36)25-16-14-24(29)15-17-25/h4-17,26H,3,18-21H2,1-2H3,(H,30,34). The van der Waals surface area contributed by atoms with E-state index in [1.54, 1.807) is 24.3 Å². The fraction of sp³-hybridized carbons (Fsp3) is 0.286. The van der Waals surface area contributed by atoms with Crippen molar-refractivity contribution < 1.29 is 18.0 Å². The third-order valence-electron chi connectivity index (χ3n) is 5.81. The van der Waals surface area contributed by atoms with Crippen molar-refractivity contribution in [3.05, 3.63) is 101 Å². The van der Waals surface area contributed by atoms with Crippen LogP contribution in [0.3, 0.4) is 0 Å². The van der Waals surface area contributed by atoms with Gasteiger partial charge < -0.3 is 10.2 Å². The van der Waals surface area contributed by atoms with Crippen LogP contribution in [0.4, 0.5) is 5.69 Å². The topological polar surface area (TPSA) is 86.8 Å². The molecule has 0 aliphatic rings. The van der Waals surface area contributed by atoms with Gasteiger partial charge in [0.05, 0.1) is 11.9 Å². The lowest BCUT2D eigenvalue weighted by Crippen LogP contribution is -2.53. The molecule has 0 heterocycles. The summed E-state index contributed by atoms with van der Waals surface area (Å²) < 4.78 is 27.3. The van der Waals surface area contributed by atoms with Gasteiger partial charge in [-0.2, -0.15) is 0 Å². The number of hydrogen-bond donors (Lipinski definition) is 1. The molecule has 0 aliphatic heterocycles. The maximum Gasteiger partial charge on any atom is 0.244 e. The summed E-state index contributed by atoms with van der Waals surface area (Å²) in [5, 5.41) is 2.93. The molecular formula is C28H32BrN3O4S. The van der Waals surface area contributed by atoms with Crippen LogP contribution in [-0.4, -0.2) is 50.5 Å². The van der Waals surface area contributed by atoms with Crippen LogP contribution in [0.15, 0.2) is 89.4 Å². The molecule has 0 bridgehead atoms. The lowest BCUT2D eigenvalue weighted by atomic mass is 10.0. The summed E-state index contributed by atoms with van der Waals surface area (Å²) in [5.74, 6) is -0.741. The molecular weight excluding hydrogens is 554 g/mol. The number of nitrogens with zero attached hydrogens (tertiary/aromatic N) is 2. The number of rotatable bonds is 12. The van der Waals surface area contributed by atoms with Gasteiger partial charge in [-0.1, -0.05) is 83.5 Å². The Balaban J connectivity index is 2.01. The second-order valence-electron chi connectivity index (χ2n) is 8.75. The van der Waals surface area contributed by atoms with Gasteiger partial charge in [0.15, 0.2) is 0 Å². The van der Waals surface area contributed by atoms with Gasteiger partial charge in [-0.05, 0) is 41.8 Å². The number of benzene rings is 3. The van der Waals surface area contributed by atoms with E-state index in [-0.39, 0.29) is 12.5 Å². The molecule has 0 fully saturated rings. The van der Waals surface area contributed by atoms with E-state index in [2.05, 4.69) is 21.2 Å². The van der Waals surface area contributed by atoms with Crippen molar-refractivity contribution in [2.45, 2.75) is 32.4 Å². The lowest BCUT2D eigenvalue weighted by Gasteiger charge is -2.33. The fourth-order valence-electron chi connectivity index (χ4n) is 3.92. The molecule has 7 nitrogen and oxygen atoms in total. The van der Waals surface area contributed by atoms with Crippen molar-refractivity contribution in [1.29, 1.82) is 0 Å². The molecule has 1 atom stereocenters. The summed E-state index contributed by atoms with van der Waals surface area (Å²) in [6.07, 6.45) is 2.12. The van der Waals surface area contributed by atoms with Crippen LogP contribution in [0.25, 0.3) is 0 Å². The largest absolute Gasteiger partial charge is 0.354 e. The lowest BCUT2D eigenvalue weighted by molar-refractivity contribution is -0.140. The Labute approximate surface area is 227 Å². The van der Waals surface area contributed by atoms with Crippen LogP contribution >= 0.6 is 15.9 Å². The smallest absolute Gasteiger partial charge is 0.244 e. The molecule has 196 valence electrons. The van der Waals surface area contributed by atoms with E-state index >= 15 is 0 Å². The number of carbonyl (C=O) groups excluding carboxylic acids is 2. The van der Waals surface area contributed by atoms with Crippen LogP contribution in [0.1, 0.15) is 24.5 Å². The molecule has 9 heteroatoms. The average molecular weight is 587 g/mol. The molecule has 0 saturated carbocycles. The van der Waals surface area contributed by atoms with Gasteiger partial charge >= 0.3 is 0 Å². The maximum atomic E-state index is 13.9. The number of carbonyl (C=O) groups is 2. The van der Waals surface area contributed by atoms with Gasteiger partial charge in [0, 0.05) is 24.0 Å². The molecule has 0 aliphatic carbocycles. The minimum Gasteiger partial charge on any atom is -0.354 e. The van der Waals surface area contributed by atoms with Gasteiger partial charge in [0.1, 0.15) is 12.6 Å². The van der Waals surface area contributed by atoms with E-state index in [4.69, 9.17) is 0 Å². The predicted molar refractivity (Wildman–Crippen MR) is 151 cm³/mol. The molecule has 3 rings (SSSR count). The number of anilines is 1. The number of halogens is 1. The van der Waals surface area contributed by atoms with Gasteiger partial charge in [0.25, 0.3) is 0 Å².